The first kappa shape index (κ1) is 23.7. The maximum Gasteiger partial charge on any atom is 0.0468 e. The molecule has 0 bridgehead atoms. The highest BCUT2D eigenvalue weighted by atomic mass is 79.9. The van der Waals surface area contributed by atoms with Crippen LogP contribution in [-0.4, -0.2) is 0 Å². The largest absolute Gasteiger partial charge is 0.310 e. The summed E-state index contributed by atoms with van der Waals surface area (Å²) in [5, 5.41) is 2.42. The lowest BCUT2D eigenvalue weighted by molar-refractivity contribution is 1.29. The fourth-order valence-corrected chi connectivity index (χ4v) is 6.02. The average molecular weight is 605 g/mol. The Bertz CT molecular complexity index is 1660. The molecular weight excluding hydrogens is 582 g/mol. The molecule has 1 nitrogen and oxygen atoms in total. The van der Waals surface area contributed by atoms with Gasteiger partial charge < -0.3 is 4.90 Å². The summed E-state index contributed by atoms with van der Waals surface area (Å²) < 4.78 is 2.12. The Morgan fingerprint density at radius 2 is 0.865 bits per heavy atom. The van der Waals surface area contributed by atoms with E-state index in [-0.39, 0.29) is 0 Å². The van der Waals surface area contributed by atoms with Crippen molar-refractivity contribution in [1.82, 2.24) is 0 Å². The van der Waals surface area contributed by atoms with Crippen LogP contribution in [0.4, 0.5) is 17.1 Å². The highest BCUT2D eigenvalue weighted by Gasteiger charge is 2.13. The van der Waals surface area contributed by atoms with Crippen molar-refractivity contribution in [2.75, 3.05) is 4.90 Å². The van der Waals surface area contributed by atoms with E-state index in [4.69, 9.17) is 0 Å². The fourth-order valence-electron chi connectivity index (χ4n) is 4.73. The van der Waals surface area contributed by atoms with E-state index in [9.17, 15) is 0 Å². The quantitative estimate of drug-likeness (QED) is 0.189. The molecule has 0 aromatic heterocycles. The molecule has 0 aliphatic rings. The number of anilines is 3. The summed E-state index contributed by atoms with van der Waals surface area (Å²) in [5.74, 6) is 0. The minimum atomic E-state index is 1.06. The molecule has 0 saturated carbocycles. The summed E-state index contributed by atoms with van der Waals surface area (Å²) in [6.45, 7) is 0. The maximum absolute atomic E-state index is 3.61. The monoisotopic (exact) mass is 603 g/mol. The van der Waals surface area contributed by atoms with Gasteiger partial charge in [-0.05, 0) is 93.7 Å². The third-order valence-corrected chi connectivity index (χ3v) is 7.44. The van der Waals surface area contributed by atoms with E-state index < -0.39 is 0 Å². The van der Waals surface area contributed by atoms with Crippen molar-refractivity contribution >= 4 is 59.7 Å². The molecule has 6 aromatic carbocycles. The van der Waals surface area contributed by atoms with Crippen LogP contribution in [0.1, 0.15) is 0 Å². The molecule has 0 aliphatic heterocycles. The van der Waals surface area contributed by atoms with Crippen LogP contribution in [-0.2, 0) is 0 Å². The normalized spacial score (nSPS) is 11.0. The second-order valence-corrected chi connectivity index (χ2v) is 10.8. The first-order valence-electron chi connectivity index (χ1n) is 12.1. The van der Waals surface area contributed by atoms with E-state index in [1.807, 2.05) is 0 Å². The Labute approximate surface area is 234 Å². The van der Waals surface area contributed by atoms with Gasteiger partial charge in [0.25, 0.3) is 0 Å². The van der Waals surface area contributed by atoms with Crippen molar-refractivity contribution < 1.29 is 0 Å². The van der Waals surface area contributed by atoms with Gasteiger partial charge >= 0.3 is 0 Å². The predicted molar refractivity (Wildman–Crippen MR) is 165 cm³/mol. The topological polar surface area (TPSA) is 3.24 Å². The number of halogens is 2. The second-order valence-electron chi connectivity index (χ2n) is 8.99. The zero-order valence-electron chi connectivity index (χ0n) is 20.0. The van der Waals surface area contributed by atoms with Crippen LogP contribution in [0.2, 0.25) is 0 Å². The number of nitrogens with zero attached hydrogens (tertiary/aromatic N) is 1. The second kappa shape index (κ2) is 10.4. The number of rotatable bonds is 5. The third kappa shape index (κ3) is 5.11. The predicted octanol–water partition coefficient (Wildman–Crippen LogP) is 11.2. The van der Waals surface area contributed by atoms with Gasteiger partial charge in [0, 0.05) is 26.0 Å². The highest BCUT2D eigenvalue weighted by Crippen LogP contribution is 2.38. The molecule has 6 aromatic rings. The summed E-state index contributed by atoms with van der Waals surface area (Å²) in [6, 6.07) is 49.6. The molecule has 0 amide bonds. The molecule has 178 valence electrons. The zero-order chi connectivity index (χ0) is 25.2. The van der Waals surface area contributed by atoms with Crippen molar-refractivity contribution in [1.29, 1.82) is 0 Å². The molecule has 0 aliphatic carbocycles. The van der Waals surface area contributed by atoms with Crippen molar-refractivity contribution in [3.05, 3.63) is 148 Å². The molecule has 3 heteroatoms. The van der Waals surface area contributed by atoms with E-state index >= 15 is 0 Å². The van der Waals surface area contributed by atoms with Crippen LogP contribution in [0.25, 0.3) is 33.0 Å². The number of fused-ring (bicyclic) bond motifs is 1. The van der Waals surface area contributed by atoms with Crippen molar-refractivity contribution in [2.45, 2.75) is 0 Å². The molecular formula is C34H23Br2N. The summed E-state index contributed by atoms with van der Waals surface area (Å²) >= 11 is 7.22. The lowest BCUT2D eigenvalue weighted by Crippen LogP contribution is -2.09. The average Bonchev–Trinajstić information content (AvgIpc) is 2.94. The molecule has 0 fully saturated rings. The first-order chi connectivity index (χ1) is 18.1. The Kier molecular flexibility index (Phi) is 6.65. The van der Waals surface area contributed by atoms with Crippen molar-refractivity contribution in [3.63, 3.8) is 0 Å². The van der Waals surface area contributed by atoms with Crippen molar-refractivity contribution in [3.8, 4) is 22.3 Å². The van der Waals surface area contributed by atoms with Gasteiger partial charge in [0.15, 0.2) is 0 Å². The van der Waals surface area contributed by atoms with Gasteiger partial charge in [-0.1, -0.05) is 111 Å². The smallest absolute Gasteiger partial charge is 0.0468 e. The van der Waals surface area contributed by atoms with Crippen molar-refractivity contribution in [2.24, 2.45) is 0 Å². The summed E-state index contributed by atoms with van der Waals surface area (Å²) in [6.07, 6.45) is 0. The molecule has 0 N–H and O–H groups in total. The number of benzene rings is 6. The minimum Gasteiger partial charge on any atom is -0.310 e. The van der Waals surface area contributed by atoms with Crippen LogP contribution in [0.15, 0.2) is 148 Å². The lowest BCUT2D eigenvalue weighted by atomic mass is 10.0. The van der Waals surface area contributed by atoms with Gasteiger partial charge in [0.05, 0.1) is 0 Å². The molecule has 6 rings (SSSR count). The molecule has 0 saturated heterocycles. The molecule has 0 radical (unpaired) electrons. The number of hydrogen-bond donors (Lipinski definition) is 0. The van der Waals surface area contributed by atoms with Crippen LogP contribution in [0.5, 0.6) is 0 Å². The van der Waals surface area contributed by atoms with E-state index in [2.05, 4.69) is 176 Å². The van der Waals surface area contributed by atoms with Gasteiger partial charge in [-0.15, -0.1) is 0 Å². The first-order valence-corrected chi connectivity index (χ1v) is 13.7. The van der Waals surface area contributed by atoms with E-state index in [1.165, 1.54) is 33.0 Å². The minimum absolute atomic E-state index is 1.06. The van der Waals surface area contributed by atoms with Gasteiger partial charge in [-0.3, -0.25) is 0 Å². The Balaban J connectivity index is 1.40. The zero-order valence-corrected chi connectivity index (χ0v) is 23.2. The standard InChI is InChI=1S/C34H23Br2N/c35-30-20-29(21-31(36)23-30)27-11-12-28-22-34(18-15-26(28)19-27)37(32-9-5-2-6-10-32)33-16-13-25(14-17-33)24-7-3-1-4-8-24/h1-23H. The Hall–Kier alpha value is -3.66. The van der Waals surface area contributed by atoms with Gasteiger partial charge in [0.1, 0.15) is 0 Å². The van der Waals surface area contributed by atoms with Crippen LogP contribution >= 0.6 is 31.9 Å². The van der Waals surface area contributed by atoms with E-state index in [0.717, 1.165) is 26.0 Å². The fraction of sp³-hybridized carbons (Fsp3) is 0. The molecule has 0 atom stereocenters. The summed E-state index contributed by atoms with van der Waals surface area (Å²) in [7, 11) is 0. The van der Waals surface area contributed by atoms with Gasteiger partial charge in [-0.2, -0.15) is 0 Å². The molecule has 37 heavy (non-hydrogen) atoms. The van der Waals surface area contributed by atoms with Gasteiger partial charge in [-0.25, -0.2) is 0 Å². The summed E-state index contributed by atoms with van der Waals surface area (Å²) in [5.41, 5.74) is 8.19. The SMILES string of the molecule is Brc1cc(Br)cc(-c2ccc3cc(N(c4ccccc4)c4ccc(-c5ccccc5)cc4)ccc3c2)c1. The molecule has 0 heterocycles. The van der Waals surface area contributed by atoms with Crippen LogP contribution in [0, 0.1) is 0 Å². The van der Waals surface area contributed by atoms with Crippen LogP contribution < -0.4 is 4.90 Å². The van der Waals surface area contributed by atoms with Crippen LogP contribution in [0.3, 0.4) is 0 Å². The van der Waals surface area contributed by atoms with E-state index in [0.29, 0.717) is 0 Å². The number of para-hydroxylation sites is 1. The molecule has 0 spiro atoms. The van der Waals surface area contributed by atoms with Gasteiger partial charge in [0.2, 0.25) is 0 Å². The Morgan fingerprint density at radius 3 is 1.57 bits per heavy atom. The Morgan fingerprint density at radius 1 is 0.351 bits per heavy atom. The third-order valence-electron chi connectivity index (χ3n) is 6.52. The lowest BCUT2D eigenvalue weighted by Gasteiger charge is -2.26. The number of hydrogen-bond acceptors (Lipinski definition) is 1. The highest BCUT2D eigenvalue weighted by molar-refractivity contribution is 9.11. The maximum atomic E-state index is 3.61. The summed E-state index contributed by atoms with van der Waals surface area (Å²) in [4.78, 5) is 2.31. The van der Waals surface area contributed by atoms with E-state index in [1.54, 1.807) is 0 Å². The molecule has 0 unspecified atom stereocenters.